The van der Waals surface area contributed by atoms with Crippen molar-refractivity contribution < 1.29 is 22.4 Å². The van der Waals surface area contributed by atoms with Gasteiger partial charge in [-0.25, -0.2) is 12.8 Å². The quantitative estimate of drug-likeness (QED) is 0.428. The fourth-order valence-electron chi connectivity index (χ4n) is 3.95. The molecule has 0 aliphatic heterocycles. The van der Waals surface area contributed by atoms with Gasteiger partial charge in [-0.1, -0.05) is 57.2 Å². The number of carbonyl (C=O) groups is 2. The van der Waals surface area contributed by atoms with Crippen LogP contribution >= 0.6 is 0 Å². The predicted octanol–water partition coefficient (Wildman–Crippen LogP) is 4.26. The lowest BCUT2D eigenvalue weighted by Gasteiger charge is -2.31. The van der Waals surface area contributed by atoms with Crippen molar-refractivity contribution in [3.8, 4) is 0 Å². The van der Waals surface area contributed by atoms with Crippen molar-refractivity contribution in [2.75, 3.05) is 23.7 Å². The Labute approximate surface area is 214 Å². The molecule has 0 aliphatic rings. The van der Waals surface area contributed by atoms with E-state index in [1.165, 1.54) is 18.2 Å². The molecule has 9 heteroatoms. The van der Waals surface area contributed by atoms with Gasteiger partial charge in [0.05, 0.1) is 11.9 Å². The highest BCUT2D eigenvalue weighted by Crippen LogP contribution is 2.23. The summed E-state index contributed by atoms with van der Waals surface area (Å²) in [5.41, 5.74) is 1.89. The molecule has 0 fully saturated rings. The number of anilines is 1. The van der Waals surface area contributed by atoms with Crippen molar-refractivity contribution in [3.63, 3.8) is 0 Å². The molecule has 0 spiro atoms. The summed E-state index contributed by atoms with van der Waals surface area (Å²) in [5.74, 6) is -0.848. The van der Waals surface area contributed by atoms with E-state index in [0.29, 0.717) is 13.0 Å². The van der Waals surface area contributed by atoms with E-state index in [0.717, 1.165) is 21.7 Å². The van der Waals surface area contributed by atoms with Gasteiger partial charge in [-0.3, -0.25) is 13.9 Å². The van der Waals surface area contributed by atoms with Crippen molar-refractivity contribution >= 4 is 27.5 Å². The fraction of sp³-hybridized carbons (Fsp3) is 0.481. The molecule has 198 valence electrons. The molecule has 0 aliphatic carbocycles. The van der Waals surface area contributed by atoms with Crippen molar-refractivity contribution in [1.82, 2.24) is 10.2 Å². The van der Waals surface area contributed by atoms with E-state index < -0.39 is 21.9 Å². The summed E-state index contributed by atoms with van der Waals surface area (Å²) < 4.78 is 40.0. The van der Waals surface area contributed by atoms with Crippen molar-refractivity contribution in [2.24, 2.45) is 5.92 Å². The van der Waals surface area contributed by atoms with Crippen LogP contribution in [0.15, 0.2) is 48.5 Å². The lowest BCUT2D eigenvalue weighted by atomic mass is 10.0. The highest BCUT2D eigenvalue weighted by atomic mass is 32.2. The molecule has 2 aromatic rings. The van der Waals surface area contributed by atoms with Crippen LogP contribution in [0.1, 0.15) is 51.2 Å². The number of sulfonamides is 1. The third kappa shape index (κ3) is 8.33. The van der Waals surface area contributed by atoms with Gasteiger partial charge in [-0.05, 0) is 48.9 Å². The Balaban J connectivity index is 2.23. The summed E-state index contributed by atoms with van der Waals surface area (Å²) in [5, 5.41) is 2.93. The van der Waals surface area contributed by atoms with Crippen LogP contribution < -0.4 is 9.62 Å². The molecule has 7 nitrogen and oxygen atoms in total. The second kappa shape index (κ2) is 13.4. The van der Waals surface area contributed by atoms with Gasteiger partial charge in [-0.2, -0.15) is 0 Å². The maximum absolute atomic E-state index is 14.3. The van der Waals surface area contributed by atoms with Crippen molar-refractivity contribution in [3.05, 3.63) is 65.5 Å². The first-order valence-electron chi connectivity index (χ1n) is 12.3. The third-order valence-corrected chi connectivity index (χ3v) is 7.13. The summed E-state index contributed by atoms with van der Waals surface area (Å²) in [7, 11) is -3.76. The Kier molecular flexibility index (Phi) is 10.9. The number of carbonyl (C=O) groups excluding carboxylic acids is 2. The largest absolute Gasteiger partial charge is 0.354 e. The van der Waals surface area contributed by atoms with Crippen molar-refractivity contribution in [2.45, 2.75) is 59.5 Å². The molecule has 0 saturated heterocycles. The molecule has 0 bridgehead atoms. The average Bonchev–Trinajstić information content (AvgIpc) is 2.81. The Morgan fingerprint density at radius 2 is 1.69 bits per heavy atom. The Morgan fingerprint density at radius 1 is 1.06 bits per heavy atom. The normalized spacial score (nSPS) is 12.3. The van der Waals surface area contributed by atoms with E-state index in [2.05, 4.69) is 5.32 Å². The van der Waals surface area contributed by atoms with Crippen LogP contribution in [0.3, 0.4) is 0 Å². The zero-order valence-corrected chi connectivity index (χ0v) is 22.6. The Bertz CT molecular complexity index is 1140. The molecule has 0 unspecified atom stereocenters. The number of aryl methyl sites for hydroxylation is 1. The SMILES string of the molecule is CC[C@@H](C(=O)NCC(C)C)N(Cc1ccccc1C)C(=O)CCCN(c1ccccc1F)S(C)(=O)=O. The maximum atomic E-state index is 14.3. The first-order valence-corrected chi connectivity index (χ1v) is 14.1. The van der Waals surface area contributed by atoms with Gasteiger partial charge in [0, 0.05) is 26.1 Å². The Morgan fingerprint density at radius 3 is 2.28 bits per heavy atom. The summed E-state index contributed by atoms with van der Waals surface area (Å²) >= 11 is 0. The number of para-hydroxylation sites is 1. The number of nitrogens with one attached hydrogen (secondary N) is 1. The molecule has 1 atom stereocenters. The van der Waals surface area contributed by atoms with Gasteiger partial charge >= 0.3 is 0 Å². The highest BCUT2D eigenvalue weighted by Gasteiger charge is 2.29. The number of benzene rings is 2. The molecule has 0 aromatic heterocycles. The van der Waals surface area contributed by atoms with Gasteiger partial charge in [0.15, 0.2) is 0 Å². The molecule has 2 rings (SSSR count). The van der Waals surface area contributed by atoms with E-state index in [-0.39, 0.29) is 49.4 Å². The number of hydrogen-bond acceptors (Lipinski definition) is 4. The average molecular weight is 520 g/mol. The highest BCUT2D eigenvalue weighted by molar-refractivity contribution is 7.92. The minimum atomic E-state index is -3.76. The second-order valence-corrected chi connectivity index (χ2v) is 11.3. The lowest BCUT2D eigenvalue weighted by Crippen LogP contribution is -2.49. The summed E-state index contributed by atoms with van der Waals surface area (Å²) in [6.45, 7) is 8.54. The predicted molar refractivity (Wildman–Crippen MR) is 141 cm³/mol. The van der Waals surface area contributed by atoms with Crippen LogP contribution in [-0.2, 0) is 26.2 Å². The van der Waals surface area contributed by atoms with Crippen LogP contribution in [-0.4, -0.2) is 50.5 Å². The Hall–Kier alpha value is -2.94. The first-order chi connectivity index (χ1) is 17.0. The molecular formula is C27H38FN3O4S. The van der Waals surface area contributed by atoms with E-state index in [9.17, 15) is 22.4 Å². The minimum Gasteiger partial charge on any atom is -0.354 e. The van der Waals surface area contributed by atoms with E-state index in [1.54, 1.807) is 11.0 Å². The standard InChI is InChI=1S/C27H38FN3O4S/c1-6-24(27(33)29-18-20(2)3)30(19-22-13-8-7-12-21(22)4)26(32)16-11-17-31(36(5,34)35)25-15-10-9-14-23(25)28/h7-10,12-15,20,24H,6,11,16-19H2,1-5H3,(H,29,33)/t24-/m0/s1. The number of rotatable bonds is 13. The minimum absolute atomic E-state index is 0.0142. The van der Waals surface area contributed by atoms with Crippen LogP contribution in [0, 0.1) is 18.7 Å². The van der Waals surface area contributed by atoms with Crippen LogP contribution in [0.4, 0.5) is 10.1 Å². The van der Waals surface area contributed by atoms with Gasteiger partial charge in [0.1, 0.15) is 11.9 Å². The monoisotopic (exact) mass is 519 g/mol. The van der Waals surface area contributed by atoms with Gasteiger partial charge in [0.25, 0.3) is 0 Å². The molecule has 0 radical (unpaired) electrons. The number of amides is 2. The molecular weight excluding hydrogens is 481 g/mol. The van der Waals surface area contributed by atoms with E-state index in [4.69, 9.17) is 0 Å². The molecule has 0 heterocycles. The maximum Gasteiger partial charge on any atom is 0.242 e. The molecule has 2 aromatic carbocycles. The second-order valence-electron chi connectivity index (χ2n) is 9.40. The molecule has 2 amide bonds. The molecule has 0 saturated carbocycles. The number of halogens is 1. The van der Waals surface area contributed by atoms with Crippen LogP contribution in [0.25, 0.3) is 0 Å². The fourth-order valence-corrected chi connectivity index (χ4v) is 4.92. The van der Waals surface area contributed by atoms with E-state index >= 15 is 0 Å². The van der Waals surface area contributed by atoms with Crippen LogP contribution in [0.5, 0.6) is 0 Å². The van der Waals surface area contributed by atoms with E-state index in [1.807, 2.05) is 52.0 Å². The topological polar surface area (TPSA) is 86.8 Å². The molecule has 36 heavy (non-hydrogen) atoms. The smallest absolute Gasteiger partial charge is 0.242 e. The van der Waals surface area contributed by atoms with Gasteiger partial charge < -0.3 is 10.2 Å². The summed E-state index contributed by atoms with van der Waals surface area (Å²) in [6.07, 6.45) is 1.64. The molecule has 1 N–H and O–H groups in total. The van der Waals surface area contributed by atoms with Crippen LogP contribution in [0.2, 0.25) is 0 Å². The van der Waals surface area contributed by atoms with Crippen molar-refractivity contribution in [1.29, 1.82) is 0 Å². The zero-order chi connectivity index (χ0) is 26.9. The summed E-state index contributed by atoms with van der Waals surface area (Å²) in [4.78, 5) is 28.0. The third-order valence-electron chi connectivity index (χ3n) is 5.95. The first kappa shape index (κ1) is 29.3. The lowest BCUT2D eigenvalue weighted by molar-refractivity contribution is -0.141. The van der Waals surface area contributed by atoms with Gasteiger partial charge in [0.2, 0.25) is 21.8 Å². The zero-order valence-electron chi connectivity index (χ0n) is 21.8. The number of hydrogen-bond donors (Lipinski definition) is 1. The van der Waals surface area contributed by atoms with Gasteiger partial charge in [-0.15, -0.1) is 0 Å². The summed E-state index contributed by atoms with van der Waals surface area (Å²) in [6, 6.07) is 12.7. The number of nitrogens with zero attached hydrogens (tertiary/aromatic N) is 2.